The van der Waals surface area contributed by atoms with Crippen LogP contribution >= 0.6 is 0 Å². The largest absolute Gasteiger partial charge is 0.350 e. The molecule has 0 bridgehead atoms. The van der Waals surface area contributed by atoms with Crippen LogP contribution in [0.1, 0.15) is 49.0 Å². The molecule has 2 atom stereocenters. The molecule has 4 rings (SSSR count). The zero-order valence-corrected chi connectivity index (χ0v) is 18.8. The van der Waals surface area contributed by atoms with E-state index in [0.29, 0.717) is 30.6 Å². The lowest BCUT2D eigenvalue weighted by Gasteiger charge is -2.48. The molecule has 4 amide bonds. The normalized spacial score (nSPS) is 20.2. The number of carbonyl (C=O) groups is 4. The number of anilines is 1. The van der Waals surface area contributed by atoms with E-state index < -0.39 is 11.7 Å². The third kappa shape index (κ3) is 4.33. The summed E-state index contributed by atoms with van der Waals surface area (Å²) in [4.78, 5) is 54.1. The molecule has 2 N–H and O–H groups in total. The Morgan fingerprint density at radius 3 is 2.52 bits per heavy atom. The predicted molar refractivity (Wildman–Crippen MR) is 123 cm³/mol. The van der Waals surface area contributed by atoms with Gasteiger partial charge in [0.15, 0.2) is 0 Å². The number of nitrogens with one attached hydrogen (secondary N) is 2. The van der Waals surface area contributed by atoms with Gasteiger partial charge >= 0.3 is 0 Å². The maximum absolute atomic E-state index is 13.2. The third-order valence-corrected chi connectivity index (χ3v) is 6.39. The van der Waals surface area contributed by atoms with E-state index in [0.717, 1.165) is 5.56 Å². The van der Waals surface area contributed by atoms with E-state index >= 15 is 0 Å². The fourth-order valence-electron chi connectivity index (χ4n) is 4.57. The Labute approximate surface area is 192 Å². The second kappa shape index (κ2) is 9.05. The Kier molecular flexibility index (Phi) is 6.18. The van der Waals surface area contributed by atoms with E-state index in [2.05, 4.69) is 10.6 Å². The van der Waals surface area contributed by atoms with Crippen LogP contribution in [0.3, 0.4) is 0 Å². The smallest absolute Gasteiger partial charge is 0.257 e. The summed E-state index contributed by atoms with van der Waals surface area (Å²) in [5, 5.41) is 5.51. The van der Waals surface area contributed by atoms with Crippen LogP contribution in [0.5, 0.6) is 0 Å². The predicted octanol–water partition coefficient (Wildman–Crippen LogP) is 2.20. The molecule has 2 aromatic rings. The molecule has 2 aromatic carbocycles. The van der Waals surface area contributed by atoms with Gasteiger partial charge in [-0.25, -0.2) is 0 Å². The lowest BCUT2D eigenvalue weighted by molar-refractivity contribution is -0.128. The molecule has 0 saturated carbocycles. The molecule has 0 aromatic heterocycles. The molecular formula is C25H28N4O4. The van der Waals surface area contributed by atoms with Crippen molar-refractivity contribution in [3.63, 3.8) is 0 Å². The highest BCUT2D eigenvalue weighted by molar-refractivity contribution is 6.10. The van der Waals surface area contributed by atoms with Crippen LogP contribution in [-0.4, -0.2) is 46.8 Å². The van der Waals surface area contributed by atoms with Crippen molar-refractivity contribution >= 4 is 29.3 Å². The second-order valence-corrected chi connectivity index (χ2v) is 8.66. The van der Waals surface area contributed by atoms with Crippen LogP contribution in [0.4, 0.5) is 5.69 Å². The molecule has 8 heteroatoms. The summed E-state index contributed by atoms with van der Waals surface area (Å²) in [5.74, 6) is -0.839. The molecule has 0 aliphatic carbocycles. The van der Waals surface area contributed by atoms with Gasteiger partial charge in [0.2, 0.25) is 17.7 Å². The number of hydrogen-bond donors (Lipinski definition) is 2. The Morgan fingerprint density at radius 1 is 1.06 bits per heavy atom. The van der Waals surface area contributed by atoms with Crippen molar-refractivity contribution < 1.29 is 19.2 Å². The first kappa shape index (κ1) is 22.5. The monoisotopic (exact) mass is 448 g/mol. The number of benzene rings is 2. The van der Waals surface area contributed by atoms with Crippen molar-refractivity contribution in [2.45, 2.75) is 51.4 Å². The van der Waals surface area contributed by atoms with Crippen LogP contribution in [0, 0.1) is 0 Å². The number of fused-ring (bicyclic) bond motifs is 3. The van der Waals surface area contributed by atoms with Crippen molar-refractivity contribution in [3.05, 3.63) is 65.7 Å². The summed E-state index contributed by atoms with van der Waals surface area (Å²) < 4.78 is 0. The van der Waals surface area contributed by atoms with Crippen molar-refractivity contribution in [1.82, 2.24) is 15.5 Å². The molecular weight excluding hydrogens is 420 g/mol. The van der Waals surface area contributed by atoms with Crippen molar-refractivity contribution in [2.24, 2.45) is 0 Å². The highest BCUT2D eigenvalue weighted by atomic mass is 16.2. The third-order valence-electron chi connectivity index (χ3n) is 6.39. The van der Waals surface area contributed by atoms with Crippen molar-refractivity contribution in [1.29, 1.82) is 0 Å². The molecule has 2 heterocycles. The molecule has 33 heavy (non-hydrogen) atoms. The van der Waals surface area contributed by atoms with E-state index in [1.165, 1.54) is 0 Å². The minimum atomic E-state index is -0.804. The van der Waals surface area contributed by atoms with Gasteiger partial charge in [-0.1, -0.05) is 42.5 Å². The Balaban J connectivity index is 1.37. The number of rotatable bonds is 7. The van der Waals surface area contributed by atoms with Gasteiger partial charge in [-0.05, 0) is 38.0 Å². The highest BCUT2D eigenvalue weighted by Gasteiger charge is 2.52. The molecule has 2 aliphatic rings. The van der Waals surface area contributed by atoms with E-state index in [1.54, 1.807) is 34.9 Å². The van der Waals surface area contributed by atoms with Crippen LogP contribution in [0.15, 0.2) is 54.6 Å². The first-order valence-corrected chi connectivity index (χ1v) is 11.2. The summed E-state index contributed by atoms with van der Waals surface area (Å²) in [7, 11) is 0. The van der Waals surface area contributed by atoms with Gasteiger partial charge in [0.05, 0.1) is 11.3 Å². The van der Waals surface area contributed by atoms with Crippen LogP contribution < -0.4 is 15.5 Å². The standard InChI is InChI=1S/C25H28N4O4/c1-17(23(32)26-16-18-8-4-3-5-9-18)27-21(30)13-15-28-24(33)19-10-6-7-11-20(19)29-22(31)12-14-25(28,29)2/h3-11,17H,12-16H2,1-2H3,(H,26,32)(H,27,30). The molecule has 0 spiro atoms. The van der Waals surface area contributed by atoms with Gasteiger partial charge < -0.3 is 15.5 Å². The SMILES string of the molecule is CC(NC(=O)CCN1C(=O)c2ccccc2N2C(=O)CCC12C)C(=O)NCc1ccccc1. The minimum absolute atomic E-state index is 0.0296. The van der Waals surface area contributed by atoms with Gasteiger partial charge in [-0.15, -0.1) is 0 Å². The fraction of sp³-hybridized carbons (Fsp3) is 0.360. The van der Waals surface area contributed by atoms with Gasteiger partial charge in [-0.3, -0.25) is 24.1 Å². The molecule has 1 fully saturated rings. The Bertz CT molecular complexity index is 1090. The van der Waals surface area contributed by atoms with E-state index in [1.807, 2.05) is 43.3 Å². The summed E-state index contributed by atoms with van der Waals surface area (Å²) >= 11 is 0. The highest BCUT2D eigenvalue weighted by Crippen LogP contribution is 2.43. The van der Waals surface area contributed by atoms with Crippen LogP contribution in [-0.2, 0) is 20.9 Å². The lowest BCUT2D eigenvalue weighted by atomic mass is 9.98. The summed E-state index contributed by atoms with van der Waals surface area (Å²) in [6, 6.07) is 15.9. The maximum atomic E-state index is 13.2. The summed E-state index contributed by atoms with van der Waals surface area (Å²) in [5.41, 5.74) is 1.25. The van der Waals surface area contributed by atoms with Gasteiger partial charge in [-0.2, -0.15) is 0 Å². The van der Waals surface area contributed by atoms with E-state index in [4.69, 9.17) is 0 Å². The van der Waals surface area contributed by atoms with Crippen molar-refractivity contribution in [2.75, 3.05) is 11.4 Å². The number of hydrogen-bond acceptors (Lipinski definition) is 4. The average Bonchev–Trinajstić information content (AvgIpc) is 3.13. The van der Waals surface area contributed by atoms with Gasteiger partial charge in [0.1, 0.15) is 11.7 Å². The maximum Gasteiger partial charge on any atom is 0.257 e. The summed E-state index contributed by atoms with van der Waals surface area (Å²) in [6.07, 6.45) is 0.882. The number of nitrogens with zero attached hydrogens (tertiary/aromatic N) is 2. The lowest BCUT2D eigenvalue weighted by Crippen LogP contribution is -2.62. The number of amides is 4. The quantitative estimate of drug-likeness (QED) is 0.678. The molecule has 0 radical (unpaired) electrons. The topological polar surface area (TPSA) is 98.8 Å². The molecule has 172 valence electrons. The zero-order valence-electron chi connectivity index (χ0n) is 18.8. The number of carbonyl (C=O) groups excluding carboxylic acids is 4. The van der Waals surface area contributed by atoms with Crippen molar-refractivity contribution in [3.8, 4) is 0 Å². The summed E-state index contributed by atoms with van der Waals surface area (Å²) in [6.45, 7) is 4.02. The average molecular weight is 449 g/mol. The van der Waals surface area contributed by atoms with E-state index in [9.17, 15) is 19.2 Å². The van der Waals surface area contributed by atoms with Crippen LogP contribution in [0.2, 0.25) is 0 Å². The number of para-hydroxylation sites is 1. The Morgan fingerprint density at radius 2 is 1.76 bits per heavy atom. The molecule has 1 saturated heterocycles. The fourth-order valence-corrected chi connectivity index (χ4v) is 4.57. The molecule has 2 aliphatic heterocycles. The zero-order chi connectivity index (χ0) is 23.6. The molecule has 2 unspecified atom stereocenters. The first-order chi connectivity index (χ1) is 15.8. The van der Waals surface area contributed by atoms with E-state index in [-0.39, 0.29) is 36.6 Å². The second-order valence-electron chi connectivity index (χ2n) is 8.66. The minimum Gasteiger partial charge on any atom is -0.350 e. The molecule has 8 nitrogen and oxygen atoms in total. The first-order valence-electron chi connectivity index (χ1n) is 11.2. The van der Waals surface area contributed by atoms with Gasteiger partial charge in [0.25, 0.3) is 5.91 Å². The van der Waals surface area contributed by atoms with Crippen LogP contribution in [0.25, 0.3) is 0 Å². The van der Waals surface area contributed by atoms with Gasteiger partial charge in [0, 0.05) is 25.9 Å². The Hall–Kier alpha value is -3.68.